The van der Waals surface area contributed by atoms with Gasteiger partial charge in [0.05, 0.1) is 6.61 Å². The van der Waals surface area contributed by atoms with Crippen LogP contribution in [0, 0.1) is 0 Å². The van der Waals surface area contributed by atoms with Crippen molar-refractivity contribution in [1.29, 1.82) is 0 Å². The van der Waals surface area contributed by atoms with Crippen molar-refractivity contribution >= 4 is 35.7 Å². The lowest BCUT2D eigenvalue weighted by molar-refractivity contribution is -0.139. The Morgan fingerprint density at radius 2 is 1.88 bits per heavy atom. The van der Waals surface area contributed by atoms with Crippen molar-refractivity contribution in [3.63, 3.8) is 0 Å². The molecule has 0 bridgehead atoms. The number of rotatable bonds is 3. The van der Waals surface area contributed by atoms with Crippen LogP contribution >= 0.6 is 11.8 Å². The second kappa shape index (κ2) is 7.11. The third-order valence-corrected chi connectivity index (χ3v) is 5.91. The van der Waals surface area contributed by atoms with E-state index in [2.05, 4.69) is 5.32 Å². The van der Waals surface area contributed by atoms with Crippen molar-refractivity contribution in [3.8, 4) is 0 Å². The van der Waals surface area contributed by atoms with Gasteiger partial charge in [0.25, 0.3) is 5.91 Å². The summed E-state index contributed by atoms with van der Waals surface area (Å²) < 4.78 is 4.94. The molecule has 0 aromatic rings. The average Bonchev–Trinajstić information content (AvgIpc) is 3.16. The zero-order valence-corrected chi connectivity index (χ0v) is 15.0. The maximum absolute atomic E-state index is 12.6. The highest BCUT2D eigenvalue weighted by Gasteiger charge is 2.53. The van der Waals surface area contributed by atoms with Gasteiger partial charge in [-0.3, -0.25) is 14.5 Å². The van der Waals surface area contributed by atoms with Crippen LogP contribution in [0.3, 0.4) is 0 Å². The number of piperazine rings is 1. The minimum atomic E-state index is -0.829. The lowest BCUT2D eigenvalue weighted by Gasteiger charge is -2.34. The van der Waals surface area contributed by atoms with Crippen LogP contribution in [-0.2, 0) is 14.3 Å². The maximum atomic E-state index is 12.6. The molecule has 0 aliphatic carbocycles. The average molecular weight is 370 g/mol. The zero-order valence-electron chi connectivity index (χ0n) is 14.2. The predicted octanol–water partition coefficient (Wildman–Crippen LogP) is -0.285. The number of carbonyl (C=O) groups is 4. The summed E-state index contributed by atoms with van der Waals surface area (Å²) in [5.41, 5.74) is -0.829. The van der Waals surface area contributed by atoms with Gasteiger partial charge in [-0.2, -0.15) is 11.8 Å². The highest BCUT2D eigenvalue weighted by atomic mass is 32.2. The summed E-state index contributed by atoms with van der Waals surface area (Å²) >= 11 is 1.62. The molecule has 9 nitrogen and oxygen atoms in total. The van der Waals surface area contributed by atoms with Crippen LogP contribution < -0.4 is 5.32 Å². The summed E-state index contributed by atoms with van der Waals surface area (Å²) in [4.78, 5) is 53.0. The molecule has 3 aliphatic heterocycles. The highest BCUT2D eigenvalue weighted by molar-refractivity contribution is 7.99. The predicted molar refractivity (Wildman–Crippen MR) is 90.1 cm³/mol. The highest BCUT2D eigenvalue weighted by Crippen LogP contribution is 2.33. The molecule has 0 aromatic carbocycles. The molecule has 0 saturated carbocycles. The van der Waals surface area contributed by atoms with E-state index in [4.69, 9.17) is 4.74 Å². The van der Waals surface area contributed by atoms with E-state index in [0.29, 0.717) is 45.0 Å². The summed E-state index contributed by atoms with van der Waals surface area (Å²) in [6.07, 6.45) is 0.217. The Labute approximate surface area is 150 Å². The van der Waals surface area contributed by atoms with Crippen molar-refractivity contribution in [2.75, 3.05) is 50.8 Å². The van der Waals surface area contributed by atoms with E-state index in [0.717, 1.165) is 10.7 Å². The Balaban J connectivity index is 1.54. The fraction of sp³-hybridized carbons (Fsp3) is 0.733. The molecule has 25 heavy (non-hydrogen) atoms. The van der Waals surface area contributed by atoms with Crippen LogP contribution in [0.15, 0.2) is 0 Å². The molecule has 3 saturated heterocycles. The van der Waals surface area contributed by atoms with Gasteiger partial charge in [-0.15, -0.1) is 0 Å². The lowest BCUT2D eigenvalue weighted by atomic mass is 9.99. The first kappa shape index (κ1) is 17.8. The van der Waals surface area contributed by atoms with Gasteiger partial charge in [0, 0.05) is 31.9 Å². The molecule has 138 valence electrons. The van der Waals surface area contributed by atoms with Gasteiger partial charge in [0.2, 0.25) is 5.91 Å². The van der Waals surface area contributed by atoms with Crippen molar-refractivity contribution in [2.24, 2.45) is 0 Å². The van der Waals surface area contributed by atoms with Gasteiger partial charge < -0.3 is 19.9 Å². The monoisotopic (exact) mass is 370 g/mol. The summed E-state index contributed by atoms with van der Waals surface area (Å²) in [6.45, 7) is 3.28. The summed E-state index contributed by atoms with van der Waals surface area (Å²) in [6, 6.07) is -0.494. The first-order chi connectivity index (χ1) is 12.0. The topological polar surface area (TPSA) is 99.3 Å². The Hall–Kier alpha value is -1.97. The number of hydrogen-bond donors (Lipinski definition) is 1. The number of hydrogen-bond acceptors (Lipinski definition) is 6. The third-order valence-electron chi connectivity index (χ3n) is 4.72. The molecule has 1 spiro atoms. The summed E-state index contributed by atoms with van der Waals surface area (Å²) in [7, 11) is 0. The normalized spacial score (nSPS) is 26.4. The van der Waals surface area contributed by atoms with E-state index >= 15 is 0 Å². The Morgan fingerprint density at radius 1 is 1.20 bits per heavy atom. The summed E-state index contributed by atoms with van der Waals surface area (Å²) in [5.74, 6) is 0.792. The van der Waals surface area contributed by atoms with Gasteiger partial charge in [-0.05, 0) is 19.1 Å². The molecule has 0 radical (unpaired) electrons. The van der Waals surface area contributed by atoms with Gasteiger partial charge in [-0.1, -0.05) is 0 Å². The number of thioether (sulfide) groups is 1. The molecule has 3 rings (SSSR count). The van der Waals surface area contributed by atoms with E-state index in [1.54, 1.807) is 28.5 Å². The lowest BCUT2D eigenvalue weighted by Crippen LogP contribution is -2.53. The van der Waals surface area contributed by atoms with E-state index < -0.39 is 11.6 Å². The SMILES string of the molecule is CCOC(=O)N1CCN(C(=O)CN2C(=O)N[C@]3(CCSC3)C2=O)CC1. The van der Waals surface area contributed by atoms with E-state index in [1.165, 1.54) is 0 Å². The van der Waals surface area contributed by atoms with Crippen molar-refractivity contribution in [3.05, 3.63) is 0 Å². The first-order valence-corrected chi connectivity index (χ1v) is 9.53. The van der Waals surface area contributed by atoms with Crippen LogP contribution in [0.25, 0.3) is 0 Å². The number of nitrogens with one attached hydrogen (secondary N) is 1. The molecular weight excluding hydrogens is 348 g/mol. The molecule has 10 heteroatoms. The van der Waals surface area contributed by atoms with Gasteiger partial charge in [0.1, 0.15) is 12.1 Å². The van der Waals surface area contributed by atoms with Crippen molar-refractivity contribution < 1.29 is 23.9 Å². The third kappa shape index (κ3) is 3.39. The first-order valence-electron chi connectivity index (χ1n) is 8.38. The molecular formula is C15H22N4O5S. The molecule has 5 amide bonds. The molecule has 3 aliphatic rings. The molecule has 1 atom stereocenters. The molecule has 3 heterocycles. The molecule has 0 unspecified atom stereocenters. The fourth-order valence-electron chi connectivity index (χ4n) is 3.24. The number of nitrogens with zero attached hydrogens (tertiary/aromatic N) is 3. The van der Waals surface area contributed by atoms with Crippen LogP contribution in [0.4, 0.5) is 9.59 Å². The zero-order chi connectivity index (χ0) is 18.0. The molecule has 0 aromatic heterocycles. The number of carbonyl (C=O) groups excluding carboxylic acids is 4. The van der Waals surface area contributed by atoms with Crippen LogP contribution in [0.5, 0.6) is 0 Å². The standard InChI is InChI=1S/C15H22N4O5S/c1-2-24-14(23)18-6-4-17(5-7-18)11(20)9-19-12(21)15(16-13(19)22)3-8-25-10-15/h2-10H2,1H3,(H,16,22)/t15-/m0/s1. The van der Waals surface area contributed by atoms with E-state index in [1.807, 2.05) is 0 Å². The quantitative estimate of drug-likeness (QED) is 0.686. The van der Waals surface area contributed by atoms with Crippen LogP contribution in [-0.4, -0.2) is 95.0 Å². The smallest absolute Gasteiger partial charge is 0.409 e. The number of urea groups is 1. The summed E-state index contributed by atoms with van der Waals surface area (Å²) in [5, 5.41) is 2.75. The second-order valence-electron chi connectivity index (χ2n) is 6.27. The van der Waals surface area contributed by atoms with Crippen molar-refractivity contribution in [2.45, 2.75) is 18.9 Å². The Kier molecular flexibility index (Phi) is 5.07. The fourth-order valence-corrected chi connectivity index (χ4v) is 4.57. The minimum Gasteiger partial charge on any atom is -0.450 e. The number of imide groups is 1. The molecule has 1 N–H and O–H groups in total. The van der Waals surface area contributed by atoms with Gasteiger partial charge in [0.15, 0.2) is 0 Å². The molecule has 3 fully saturated rings. The van der Waals surface area contributed by atoms with Crippen LogP contribution in [0.1, 0.15) is 13.3 Å². The van der Waals surface area contributed by atoms with Crippen LogP contribution in [0.2, 0.25) is 0 Å². The van der Waals surface area contributed by atoms with E-state index in [-0.39, 0.29) is 24.5 Å². The maximum Gasteiger partial charge on any atom is 0.409 e. The Morgan fingerprint density at radius 3 is 2.48 bits per heavy atom. The largest absolute Gasteiger partial charge is 0.450 e. The minimum absolute atomic E-state index is 0.253. The number of ether oxygens (including phenoxy) is 1. The van der Waals surface area contributed by atoms with Gasteiger partial charge in [-0.25, -0.2) is 9.59 Å². The van der Waals surface area contributed by atoms with Crippen molar-refractivity contribution in [1.82, 2.24) is 20.0 Å². The number of amides is 5. The van der Waals surface area contributed by atoms with Gasteiger partial charge >= 0.3 is 12.1 Å². The Bertz CT molecular complexity index is 584. The van der Waals surface area contributed by atoms with E-state index in [9.17, 15) is 19.2 Å². The second-order valence-corrected chi connectivity index (χ2v) is 7.38.